The number of methoxy groups -OCH3 is 2. The number of hydrogen-bond donors (Lipinski definition) is 2. The molecule has 2 atom stereocenters. The van der Waals surface area contributed by atoms with Gasteiger partial charge < -0.3 is 38.8 Å². The first-order chi connectivity index (χ1) is 28.0. The molecular formula is C45H59N5O8Si. The summed E-state index contributed by atoms with van der Waals surface area (Å²) in [5.74, 6) is 0.899. The molecule has 1 amide bonds. The van der Waals surface area contributed by atoms with Crippen LogP contribution in [0.4, 0.5) is 0 Å². The second-order valence-electron chi connectivity index (χ2n) is 16.9. The number of nitrogens with one attached hydrogen (secondary N) is 1. The number of amides is 1. The minimum atomic E-state index is -2.46. The van der Waals surface area contributed by atoms with Crippen LogP contribution in [0.2, 0.25) is 16.6 Å². The molecule has 0 aliphatic carbocycles. The Bertz CT molecular complexity index is 2190. The van der Waals surface area contributed by atoms with Crippen LogP contribution >= 0.6 is 0 Å². The molecule has 0 spiro atoms. The predicted molar refractivity (Wildman–Crippen MR) is 229 cm³/mol. The molecule has 316 valence electrons. The van der Waals surface area contributed by atoms with Crippen LogP contribution in [0.5, 0.6) is 11.5 Å². The number of H-pyrrole nitrogens is 1. The lowest BCUT2D eigenvalue weighted by Crippen LogP contribution is -2.58. The van der Waals surface area contributed by atoms with E-state index in [0.29, 0.717) is 28.1 Å². The summed E-state index contributed by atoms with van der Waals surface area (Å²) in [7, 11) is 0.820. The van der Waals surface area contributed by atoms with Crippen LogP contribution in [0, 0.1) is 0 Å². The summed E-state index contributed by atoms with van der Waals surface area (Å²) in [5, 5.41) is 0. The molecule has 1 saturated heterocycles. The van der Waals surface area contributed by atoms with E-state index < -0.39 is 42.6 Å². The Labute approximate surface area is 347 Å². The fraction of sp³-hybridized carbons (Fsp3) is 0.467. The van der Waals surface area contributed by atoms with Crippen molar-refractivity contribution in [2.45, 2.75) is 94.9 Å². The molecule has 3 N–H and O–H groups in total. The van der Waals surface area contributed by atoms with Crippen molar-refractivity contribution < 1.29 is 32.9 Å². The third kappa shape index (κ3) is 8.20. The highest BCUT2D eigenvalue weighted by molar-refractivity contribution is 6.77. The molecule has 6 rings (SSSR count). The standard InChI is InChI=1S/C45H59N5O8Si/c1-29(2)59(30(3)4,31(5)6)57-27-44(25-55-24-37(58-44)50-28-47-38-39(50)48-42(49-40(38)51)43(7,8)41(46)52)26-56-45(32-14-12-11-13-15-32,33-16-20-35(53-9)21-17-33)34-18-22-36(54-10)23-19-34/h11-23,28-31,37H,24-27H2,1-10H3,(H2,46,52)(H,48,49,51)/t37-,44+/m1/s1. The minimum Gasteiger partial charge on any atom is -0.497 e. The summed E-state index contributed by atoms with van der Waals surface area (Å²) in [4.78, 5) is 37.7. The summed E-state index contributed by atoms with van der Waals surface area (Å²) in [6.07, 6.45) is 0.708. The lowest BCUT2D eigenvalue weighted by Gasteiger charge is -2.48. The van der Waals surface area contributed by atoms with E-state index in [1.807, 2.05) is 66.7 Å². The molecule has 1 aliphatic rings. The van der Waals surface area contributed by atoms with Crippen molar-refractivity contribution >= 4 is 25.4 Å². The van der Waals surface area contributed by atoms with Gasteiger partial charge in [0.15, 0.2) is 25.7 Å². The Morgan fingerprint density at radius 1 is 0.881 bits per heavy atom. The summed E-state index contributed by atoms with van der Waals surface area (Å²) in [6.45, 7) is 17.2. The van der Waals surface area contributed by atoms with Crippen LogP contribution in [0.1, 0.15) is 84.1 Å². The SMILES string of the molecule is COc1ccc(C(OC[C@]2(CO[Si](C(C)C)(C(C)C)C(C)C)COC[C@H](n3cnc4c(=O)[nH]c(C(C)(C)C(N)=O)nc43)O2)(c2ccccc2)c2ccc(OC)cc2)cc1. The fourth-order valence-corrected chi connectivity index (χ4v) is 14.2. The summed E-state index contributed by atoms with van der Waals surface area (Å²) < 4.78 is 41.4. The number of primary amides is 1. The van der Waals surface area contributed by atoms with Crippen LogP contribution in [0.15, 0.2) is 90.0 Å². The Morgan fingerprint density at radius 2 is 1.42 bits per heavy atom. The molecule has 1 fully saturated rings. The zero-order chi connectivity index (χ0) is 42.8. The Hall–Kier alpha value is -4.86. The maximum Gasteiger partial charge on any atom is 0.279 e. The monoisotopic (exact) mass is 825 g/mol. The molecule has 0 unspecified atom stereocenters. The number of nitrogens with zero attached hydrogens (tertiary/aromatic N) is 3. The van der Waals surface area contributed by atoms with Gasteiger partial charge in [-0.15, -0.1) is 0 Å². The van der Waals surface area contributed by atoms with Crippen LogP contribution in [-0.4, -0.2) is 80.0 Å². The number of imidazole rings is 1. The van der Waals surface area contributed by atoms with Crippen molar-refractivity contribution in [3.8, 4) is 11.5 Å². The lowest BCUT2D eigenvalue weighted by molar-refractivity contribution is -0.258. The van der Waals surface area contributed by atoms with Crippen molar-refractivity contribution in [1.82, 2.24) is 19.5 Å². The lowest BCUT2D eigenvalue weighted by atomic mass is 9.79. The number of fused-ring (bicyclic) bond motifs is 1. The topological polar surface area (TPSA) is 162 Å². The maximum absolute atomic E-state index is 13.3. The van der Waals surface area contributed by atoms with Gasteiger partial charge in [-0.1, -0.05) is 96.1 Å². The van der Waals surface area contributed by atoms with E-state index in [2.05, 4.69) is 63.6 Å². The first-order valence-corrected chi connectivity index (χ1v) is 22.3. The number of rotatable bonds is 17. The zero-order valence-electron chi connectivity index (χ0n) is 35.9. The van der Waals surface area contributed by atoms with Gasteiger partial charge in [0.1, 0.15) is 33.9 Å². The smallest absolute Gasteiger partial charge is 0.279 e. The minimum absolute atomic E-state index is 0.0236. The van der Waals surface area contributed by atoms with Crippen molar-refractivity contribution in [3.05, 3.63) is 118 Å². The quantitative estimate of drug-likeness (QED) is 0.0715. The summed E-state index contributed by atoms with van der Waals surface area (Å²) >= 11 is 0. The number of aromatic amines is 1. The van der Waals surface area contributed by atoms with E-state index in [0.717, 1.165) is 16.7 Å². The number of carbonyl (C=O) groups is 1. The van der Waals surface area contributed by atoms with Gasteiger partial charge in [-0.3, -0.25) is 14.2 Å². The molecule has 1 aliphatic heterocycles. The highest BCUT2D eigenvalue weighted by Gasteiger charge is 2.50. The number of ether oxygens (including phenoxy) is 5. The second kappa shape index (κ2) is 17.4. The van der Waals surface area contributed by atoms with Crippen LogP contribution in [0.25, 0.3) is 11.2 Å². The normalized spacial score (nSPS) is 17.9. The zero-order valence-corrected chi connectivity index (χ0v) is 36.9. The van der Waals surface area contributed by atoms with Gasteiger partial charge in [0.05, 0.1) is 47.0 Å². The molecule has 14 heteroatoms. The molecule has 59 heavy (non-hydrogen) atoms. The van der Waals surface area contributed by atoms with Crippen LogP contribution < -0.4 is 20.8 Å². The molecule has 5 aromatic rings. The van der Waals surface area contributed by atoms with E-state index in [1.165, 1.54) is 6.33 Å². The van der Waals surface area contributed by atoms with Crippen LogP contribution in [-0.2, 0) is 34.4 Å². The third-order valence-electron chi connectivity index (χ3n) is 12.0. The molecule has 0 saturated carbocycles. The van der Waals surface area contributed by atoms with Gasteiger partial charge in [0.25, 0.3) is 5.56 Å². The molecule has 3 aromatic carbocycles. The first-order valence-electron chi connectivity index (χ1n) is 20.2. The second-order valence-corrected chi connectivity index (χ2v) is 22.4. The van der Waals surface area contributed by atoms with Gasteiger partial charge >= 0.3 is 0 Å². The van der Waals surface area contributed by atoms with Gasteiger partial charge in [-0.25, -0.2) is 9.97 Å². The summed E-state index contributed by atoms with van der Waals surface area (Å²) in [5.41, 5.74) is 5.47. The largest absolute Gasteiger partial charge is 0.497 e. The van der Waals surface area contributed by atoms with E-state index in [4.69, 9.17) is 38.8 Å². The summed E-state index contributed by atoms with van der Waals surface area (Å²) in [6, 6.07) is 25.8. The third-order valence-corrected chi connectivity index (χ3v) is 18.0. The van der Waals surface area contributed by atoms with Gasteiger partial charge in [0.2, 0.25) is 5.91 Å². The average molecular weight is 826 g/mol. The van der Waals surface area contributed by atoms with Gasteiger partial charge in [0, 0.05) is 0 Å². The van der Waals surface area contributed by atoms with E-state index in [1.54, 1.807) is 32.6 Å². The molecule has 0 bridgehead atoms. The Balaban J connectivity index is 1.51. The molecular weight excluding hydrogens is 767 g/mol. The highest BCUT2D eigenvalue weighted by Crippen LogP contribution is 2.46. The Morgan fingerprint density at radius 3 is 1.93 bits per heavy atom. The average Bonchev–Trinajstić information content (AvgIpc) is 3.67. The molecule has 13 nitrogen and oxygen atoms in total. The van der Waals surface area contributed by atoms with E-state index in [-0.39, 0.29) is 43.4 Å². The number of aromatic nitrogens is 4. The molecule has 0 radical (unpaired) electrons. The fourth-order valence-electron chi connectivity index (χ4n) is 8.65. The van der Waals surface area contributed by atoms with Crippen molar-refractivity contribution in [1.29, 1.82) is 0 Å². The van der Waals surface area contributed by atoms with E-state index in [9.17, 15) is 9.59 Å². The van der Waals surface area contributed by atoms with Gasteiger partial charge in [-0.05, 0) is 71.4 Å². The Kier molecular flexibility index (Phi) is 12.9. The van der Waals surface area contributed by atoms with Crippen LogP contribution in [0.3, 0.4) is 0 Å². The highest BCUT2D eigenvalue weighted by atomic mass is 28.4. The number of benzene rings is 3. The van der Waals surface area contributed by atoms with Crippen molar-refractivity contribution in [2.75, 3.05) is 40.6 Å². The van der Waals surface area contributed by atoms with Crippen molar-refractivity contribution in [3.63, 3.8) is 0 Å². The number of carbonyl (C=O) groups excluding carboxylic acids is 1. The van der Waals surface area contributed by atoms with E-state index >= 15 is 0 Å². The molecule has 2 aromatic heterocycles. The maximum atomic E-state index is 13.3. The predicted octanol–water partition coefficient (Wildman–Crippen LogP) is 7.38. The van der Waals surface area contributed by atoms with Crippen molar-refractivity contribution in [2.24, 2.45) is 5.73 Å². The number of hydrogen-bond acceptors (Lipinski definition) is 10. The first kappa shape index (κ1) is 43.7. The van der Waals surface area contributed by atoms with Gasteiger partial charge in [-0.2, -0.15) is 0 Å². The molecule has 3 heterocycles. The number of nitrogens with two attached hydrogens (primary N) is 1.